The van der Waals surface area contributed by atoms with Gasteiger partial charge in [-0.15, -0.1) is 0 Å². The zero-order valence-electron chi connectivity index (χ0n) is 33.5. The normalized spacial score (nSPS) is 17.7. The van der Waals surface area contributed by atoms with Crippen molar-refractivity contribution in [2.45, 2.75) is 77.8 Å². The molecule has 0 spiro atoms. The number of ether oxygens (including phenoxy) is 1. The molecule has 3 unspecified atom stereocenters. The van der Waals surface area contributed by atoms with Crippen LogP contribution in [0.3, 0.4) is 0 Å². The number of fused-ring (bicyclic) bond motifs is 1. The summed E-state index contributed by atoms with van der Waals surface area (Å²) in [4.78, 5) is 76.2. The highest BCUT2D eigenvalue weighted by molar-refractivity contribution is 6.12. The predicted octanol–water partition coefficient (Wildman–Crippen LogP) is 3.76. The Bertz CT molecular complexity index is 2000. The number of hydrogen-bond donors (Lipinski definition) is 7. The molecule has 2 aliphatic rings. The summed E-state index contributed by atoms with van der Waals surface area (Å²) in [7, 11) is 0. The smallest absolute Gasteiger partial charge is 0.416 e. The minimum atomic E-state index is -1.64. The number of anilines is 2. The van der Waals surface area contributed by atoms with Crippen LogP contribution in [0.25, 0.3) is 6.08 Å². The van der Waals surface area contributed by atoms with Gasteiger partial charge in [0.15, 0.2) is 6.23 Å². The summed E-state index contributed by atoms with van der Waals surface area (Å²) in [6.45, 7) is 13.1. The van der Waals surface area contributed by atoms with E-state index < -0.39 is 24.4 Å². The number of aryl methyl sites for hydroxylation is 1. The number of carbonyl (C=O) groups excluding carboxylic acids is 6. The van der Waals surface area contributed by atoms with Crippen LogP contribution in [-0.4, -0.2) is 82.6 Å². The molecule has 8 N–H and O–H groups in total. The van der Waals surface area contributed by atoms with E-state index in [1.807, 2.05) is 13.8 Å². The lowest BCUT2D eigenvalue weighted by molar-refractivity contribution is -0.137. The lowest BCUT2D eigenvalue weighted by Crippen LogP contribution is -2.53. The van der Waals surface area contributed by atoms with Gasteiger partial charge in [-0.1, -0.05) is 63.8 Å². The molecule has 2 heterocycles. The van der Waals surface area contributed by atoms with Crippen molar-refractivity contribution in [2.75, 3.05) is 23.3 Å². The average Bonchev–Trinajstić information content (AvgIpc) is 3.51. The Hall–Kier alpha value is -6.68. The van der Waals surface area contributed by atoms with Crippen LogP contribution in [0.4, 0.5) is 16.2 Å². The van der Waals surface area contributed by atoms with Crippen LogP contribution < -0.4 is 31.9 Å². The molecule has 0 saturated heterocycles. The highest BCUT2D eigenvalue weighted by atomic mass is 16.6. The molecule has 4 rings (SSSR count). The third kappa shape index (κ3) is 12.7. The van der Waals surface area contributed by atoms with Crippen LogP contribution in [0.2, 0.25) is 0 Å². The summed E-state index contributed by atoms with van der Waals surface area (Å²) >= 11 is 0. The van der Waals surface area contributed by atoms with Crippen molar-refractivity contribution in [2.24, 2.45) is 11.7 Å². The second kappa shape index (κ2) is 21.2. The molecule has 0 saturated carbocycles. The number of aromatic hydroxyl groups is 1. The standard InChI is InChI=1S/C43H53N7O9/c1-26(2)39(48-35(52)9-7-6-8-20-49-37(54)18-19-38(49)55)29(5)45-23-36(53)47-33-16-13-30(14-17-33)24-59-43(58)50-40-32(15-10-27(3)41(40)56)21-31(12-11-28(4)44)22-34(42(50)57)46-25-51/h10-19,21,25-26,34,39,42,45,56-57H,4-9,20,22-24,44H2,1-3H3,(H,46,51)(H,47,53)(H,48,52)/b12-11+,31-21-. The first-order chi connectivity index (χ1) is 28.1. The molecule has 0 fully saturated rings. The number of unbranched alkanes of at least 4 members (excludes halogenated alkanes) is 2. The monoisotopic (exact) mass is 811 g/mol. The van der Waals surface area contributed by atoms with E-state index in [2.05, 4.69) is 34.4 Å². The van der Waals surface area contributed by atoms with Gasteiger partial charge in [0, 0.05) is 47.8 Å². The van der Waals surface area contributed by atoms with Gasteiger partial charge in [-0.2, -0.15) is 0 Å². The highest BCUT2D eigenvalue weighted by Crippen LogP contribution is 2.40. The molecule has 0 radical (unpaired) electrons. The molecular formula is C43H53N7O9. The molecule has 59 heavy (non-hydrogen) atoms. The fourth-order valence-electron chi connectivity index (χ4n) is 6.45. The lowest BCUT2D eigenvalue weighted by atomic mass is 9.95. The Morgan fingerprint density at radius 3 is 2.36 bits per heavy atom. The van der Waals surface area contributed by atoms with Gasteiger partial charge in [0.05, 0.1) is 24.3 Å². The van der Waals surface area contributed by atoms with Crippen LogP contribution >= 0.6 is 0 Å². The maximum absolute atomic E-state index is 13.7. The minimum absolute atomic E-state index is 0.00774. The van der Waals surface area contributed by atoms with Crippen LogP contribution in [0.15, 0.2) is 90.8 Å². The molecule has 3 atom stereocenters. The van der Waals surface area contributed by atoms with Gasteiger partial charge in [0.1, 0.15) is 12.4 Å². The number of benzene rings is 2. The number of carbonyl (C=O) groups is 6. The summed E-state index contributed by atoms with van der Waals surface area (Å²) in [6, 6.07) is 8.46. The number of nitrogens with two attached hydrogens (primary N) is 1. The maximum atomic E-state index is 13.7. The van der Waals surface area contributed by atoms with E-state index in [1.54, 1.807) is 61.5 Å². The second-order valence-corrected chi connectivity index (χ2v) is 14.6. The van der Waals surface area contributed by atoms with E-state index >= 15 is 0 Å². The molecule has 2 aliphatic heterocycles. The van der Waals surface area contributed by atoms with Crippen molar-refractivity contribution in [3.8, 4) is 5.75 Å². The molecule has 16 heteroatoms. The van der Waals surface area contributed by atoms with E-state index in [0.29, 0.717) is 65.9 Å². The number of imide groups is 1. The van der Waals surface area contributed by atoms with E-state index in [0.717, 1.165) is 4.90 Å². The molecule has 0 aromatic heterocycles. The van der Waals surface area contributed by atoms with Crippen molar-refractivity contribution >= 4 is 53.6 Å². The van der Waals surface area contributed by atoms with Crippen LogP contribution in [0.1, 0.15) is 62.6 Å². The zero-order chi connectivity index (χ0) is 43.2. The number of aliphatic hydroxyl groups is 1. The molecule has 314 valence electrons. The third-order valence-electron chi connectivity index (χ3n) is 9.66. The zero-order valence-corrected chi connectivity index (χ0v) is 33.5. The Kier molecular flexibility index (Phi) is 16.2. The van der Waals surface area contributed by atoms with Crippen LogP contribution in [-0.2, 0) is 35.3 Å². The molecule has 16 nitrogen and oxygen atoms in total. The van der Waals surface area contributed by atoms with E-state index in [1.165, 1.54) is 17.1 Å². The number of amides is 6. The summed E-state index contributed by atoms with van der Waals surface area (Å²) in [5.41, 5.74) is 8.95. The van der Waals surface area contributed by atoms with Gasteiger partial charge in [0.25, 0.3) is 11.8 Å². The molecular weight excluding hydrogens is 759 g/mol. The second-order valence-electron chi connectivity index (χ2n) is 14.6. The minimum Gasteiger partial charge on any atom is -0.505 e. The number of phenols is 1. The average molecular weight is 812 g/mol. The summed E-state index contributed by atoms with van der Waals surface area (Å²) in [6.07, 6.45) is 7.41. The fraction of sp³-hybridized carbons (Fsp3) is 0.349. The van der Waals surface area contributed by atoms with Gasteiger partial charge < -0.3 is 42.0 Å². The number of phenolic OH excluding ortho intramolecular Hbond substituents is 1. The van der Waals surface area contributed by atoms with Gasteiger partial charge >= 0.3 is 6.09 Å². The first kappa shape index (κ1) is 45.0. The van der Waals surface area contributed by atoms with E-state index in [9.17, 15) is 39.0 Å². The quantitative estimate of drug-likeness (QED) is 0.0467. The Balaban J connectivity index is 1.30. The van der Waals surface area contributed by atoms with Gasteiger partial charge in [-0.05, 0) is 73.1 Å². The highest BCUT2D eigenvalue weighted by Gasteiger charge is 2.36. The summed E-state index contributed by atoms with van der Waals surface area (Å²) < 4.78 is 5.61. The lowest BCUT2D eigenvalue weighted by Gasteiger charge is -2.35. The van der Waals surface area contributed by atoms with Crippen molar-refractivity contribution in [1.82, 2.24) is 20.9 Å². The number of allylic oxidation sites excluding steroid dienone is 2. The van der Waals surface area contributed by atoms with Crippen LogP contribution in [0, 0.1) is 12.8 Å². The predicted molar refractivity (Wildman–Crippen MR) is 223 cm³/mol. The first-order valence-corrected chi connectivity index (χ1v) is 19.2. The molecule has 6 amide bonds. The Morgan fingerprint density at radius 2 is 1.71 bits per heavy atom. The third-order valence-corrected chi connectivity index (χ3v) is 9.66. The van der Waals surface area contributed by atoms with Crippen molar-refractivity contribution in [3.63, 3.8) is 0 Å². The topological polar surface area (TPSA) is 233 Å². The molecule has 2 aromatic rings. The fourth-order valence-corrected chi connectivity index (χ4v) is 6.45. The Labute approximate surface area is 343 Å². The number of aliphatic hydroxyl groups excluding tert-OH is 1. The SMILES string of the molecule is C=C(N)/C=C/C1=C/c2ccc(C)c(O)c2N(C(=O)OCc2ccc(NC(=O)CNC(=C)C(NC(=O)CCCCCN3C(=O)C=CC3=O)C(C)C)cc2)C(O)C(NC=O)C1. The molecule has 2 aromatic carbocycles. The summed E-state index contributed by atoms with van der Waals surface area (Å²) in [5.74, 6) is -1.48. The maximum Gasteiger partial charge on any atom is 0.416 e. The van der Waals surface area contributed by atoms with E-state index in [-0.39, 0.29) is 72.7 Å². The van der Waals surface area contributed by atoms with Crippen molar-refractivity contribution in [3.05, 3.63) is 108 Å². The number of nitrogens with one attached hydrogen (secondary N) is 4. The number of nitrogens with zero attached hydrogens (tertiary/aromatic N) is 2. The van der Waals surface area contributed by atoms with Gasteiger partial charge in [-0.3, -0.25) is 28.9 Å². The number of hydrogen-bond acceptors (Lipinski definition) is 11. The first-order valence-electron chi connectivity index (χ1n) is 19.2. The van der Waals surface area contributed by atoms with Crippen LogP contribution in [0.5, 0.6) is 5.75 Å². The van der Waals surface area contributed by atoms with Crippen molar-refractivity contribution in [1.29, 1.82) is 0 Å². The number of rotatable bonds is 19. The molecule has 0 bridgehead atoms. The largest absolute Gasteiger partial charge is 0.505 e. The van der Waals surface area contributed by atoms with Crippen molar-refractivity contribution < 1.29 is 43.7 Å². The van der Waals surface area contributed by atoms with Gasteiger partial charge in [-0.25, -0.2) is 9.69 Å². The molecule has 0 aliphatic carbocycles. The van der Waals surface area contributed by atoms with Gasteiger partial charge in [0.2, 0.25) is 18.2 Å². The summed E-state index contributed by atoms with van der Waals surface area (Å²) in [5, 5.41) is 33.9. The van der Waals surface area contributed by atoms with E-state index in [4.69, 9.17) is 10.5 Å². The Morgan fingerprint density at radius 1 is 1.02 bits per heavy atom.